The second-order valence-electron chi connectivity index (χ2n) is 5.76. The van der Waals surface area contributed by atoms with Crippen LogP contribution in [-0.2, 0) is 13.1 Å². The Kier molecular flexibility index (Phi) is 4.86. The van der Waals surface area contributed by atoms with Crippen molar-refractivity contribution in [1.82, 2.24) is 14.9 Å². The molecule has 25 heavy (non-hydrogen) atoms. The van der Waals surface area contributed by atoms with Crippen molar-refractivity contribution in [3.8, 4) is 0 Å². The molecule has 3 aromatic rings. The Balaban J connectivity index is 1.96. The van der Waals surface area contributed by atoms with Gasteiger partial charge in [0.25, 0.3) is 5.91 Å². The van der Waals surface area contributed by atoms with Gasteiger partial charge in [0.15, 0.2) is 0 Å². The summed E-state index contributed by atoms with van der Waals surface area (Å²) in [5, 5.41) is 3.79. The van der Waals surface area contributed by atoms with Crippen LogP contribution < -0.4 is 10.7 Å². The van der Waals surface area contributed by atoms with Gasteiger partial charge in [-0.25, -0.2) is 4.98 Å². The number of halogens is 1. The van der Waals surface area contributed by atoms with E-state index in [-0.39, 0.29) is 17.5 Å². The molecular formula is C19H18ClN3O2. The smallest absolute Gasteiger partial charge is 0.257 e. The summed E-state index contributed by atoms with van der Waals surface area (Å²) in [6.45, 7) is 4.68. The molecule has 128 valence electrons. The lowest BCUT2D eigenvalue weighted by Crippen LogP contribution is -2.29. The average molecular weight is 356 g/mol. The normalized spacial score (nSPS) is 10.8. The van der Waals surface area contributed by atoms with Crippen LogP contribution in [0.4, 0.5) is 0 Å². The molecule has 0 spiro atoms. The van der Waals surface area contributed by atoms with E-state index in [1.165, 1.54) is 0 Å². The van der Waals surface area contributed by atoms with Crippen molar-refractivity contribution in [3.05, 3.63) is 74.7 Å². The summed E-state index contributed by atoms with van der Waals surface area (Å²) in [6.07, 6.45) is 1.57. The molecule has 5 nitrogen and oxygen atoms in total. The largest absolute Gasteiger partial charge is 0.348 e. The first-order valence-corrected chi connectivity index (χ1v) is 8.41. The summed E-state index contributed by atoms with van der Waals surface area (Å²) in [4.78, 5) is 29.7. The van der Waals surface area contributed by atoms with Gasteiger partial charge in [0.1, 0.15) is 11.2 Å². The van der Waals surface area contributed by atoms with Gasteiger partial charge in [-0.15, -0.1) is 0 Å². The molecular weight excluding hydrogens is 338 g/mol. The van der Waals surface area contributed by atoms with Crippen LogP contribution in [0.5, 0.6) is 0 Å². The van der Waals surface area contributed by atoms with Gasteiger partial charge in [-0.3, -0.25) is 9.59 Å². The fraction of sp³-hybridized carbons (Fsp3) is 0.211. The molecule has 1 aromatic carbocycles. The number of aromatic nitrogens is 2. The monoisotopic (exact) mass is 355 g/mol. The molecule has 0 fully saturated rings. The molecule has 0 atom stereocenters. The topological polar surface area (TPSA) is 64.0 Å². The summed E-state index contributed by atoms with van der Waals surface area (Å²) < 4.78 is 1.81. The molecule has 2 aromatic heterocycles. The summed E-state index contributed by atoms with van der Waals surface area (Å²) in [5.74, 6) is -0.422. The van der Waals surface area contributed by atoms with Gasteiger partial charge in [-0.1, -0.05) is 29.8 Å². The Hall–Kier alpha value is -2.66. The van der Waals surface area contributed by atoms with Crippen molar-refractivity contribution in [1.29, 1.82) is 0 Å². The van der Waals surface area contributed by atoms with Crippen LogP contribution in [0.1, 0.15) is 28.5 Å². The number of rotatable bonds is 4. The molecule has 0 saturated carbocycles. The van der Waals surface area contributed by atoms with Crippen LogP contribution in [-0.4, -0.2) is 15.5 Å². The first-order chi connectivity index (χ1) is 12.0. The van der Waals surface area contributed by atoms with Gasteiger partial charge in [0.2, 0.25) is 5.43 Å². The predicted molar refractivity (Wildman–Crippen MR) is 99.0 cm³/mol. The first-order valence-electron chi connectivity index (χ1n) is 8.03. The number of carbonyl (C=O) groups excluding carboxylic acids is 1. The third-order valence-corrected chi connectivity index (χ3v) is 4.41. The zero-order valence-corrected chi connectivity index (χ0v) is 14.8. The lowest BCUT2D eigenvalue weighted by Gasteiger charge is -2.12. The third-order valence-electron chi connectivity index (χ3n) is 4.04. The van der Waals surface area contributed by atoms with Crippen molar-refractivity contribution >= 4 is 28.5 Å². The number of amides is 1. The van der Waals surface area contributed by atoms with Crippen LogP contribution in [0, 0.1) is 6.92 Å². The van der Waals surface area contributed by atoms with Gasteiger partial charge in [-0.05, 0) is 37.6 Å². The van der Waals surface area contributed by atoms with Crippen LogP contribution in [0.2, 0.25) is 5.02 Å². The van der Waals surface area contributed by atoms with Gasteiger partial charge in [-0.2, -0.15) is 0 Å². The van der Waals surface area contributed by atoms with Crippen LogP contribution in [0.3, 0.4) is 0 Å². The molecule has 0 unspecified atom stereocenters. The molecule has 0 saturated heterocycles. The molecule has 1 amide bonds. The average Bonchev–Trinajstić information content (AvgIpc) is 2.61. The quantitative estimate of drug-likeness (QED) is 0.781. The van der Waals surface area contributed by atoms with E-state index in [1.807, 2.05) is 36.6 Å². The standard InChI is InChI=1S/C19H18ClN3O2/c1-3-23-11-15(17(24)14-9-8-12(2)22-18(14)23)19(25)21-10-13-6-4-5-7-16(13)20/h4-9,11H,3,10H2,1-2H3,(H,21,25). The SMILES string of the molecule is CCn1cc(C(=O)NCc2ccccc2Cl)c(=O)c2ccc(C)nc21. The highest BCUT2D eigenvalue weighted by Gasteiger charge is 2.16. The predicted octanol–water partition coefficient (Wildman–Crippen LogP) is 3.31. The fourth-order valence-electron chi connectivity index (χ4n) is 2.68. The number of carbonyl (C=O) groups is 1. The highest BCUT2D eigenvalue weighted by molar-refractivity contribution is 6.31. The van der Waals surface area contributed by atoms with E-state index in [2.05, 4.69) is 10.3 Å². The summed E-state index contributed by atoms with van der Waals surface area (Å²) in [6, 6.07) is 10.8. The van der Waals surface area contributed by atoms with Gasteiger partial charge < -0.3 is 9.88 Å². The maximum atomic E-state index is 12.7. The van der Waals surface area contributed by atoms with E-state index < -0.39 is 5.91 Å². The summed E-state index contributed by atoms with van der Waals surface area (Å²) in [5.41, 5.74) is 2.00. The highest BCUT2D eigenvalue weighted by atomic mass is 35.5. The maximum absolute atomic E-state index is 12.7. The van der Waals surface area contributed by atoms with E-state index in [0.717, 1.165) is 11.3 Å². The molecule has 1 N–H and O–H groups in total. The minimum atomic E-state index is -0.422. The van der Waals surface area contributed by atoms with Crippen molar-refractivity contribution in [2.45, 2.75) is 26.9 Å². The maximum Gasteiger partial charge on any atom is 0.257 e. The van der Waals surface area contributed by atoms with Crippen molar-refractivity contribution in [3.63, 3.8) is 0 Å². The molecule has 2 heterocycles. The highest BCUT2D eigenvalue weighted by Crippen LogP contribution is 2.15. The number of hydrogen-bond acceptors (Lipinski definition) is 3. The van der Waals surface area contributed by atoms with E-state index in [4.69, 9.17) is 11.6 Å². The van der Waals surface area contributed by atoms with E-state index in [9.17, 15) is 9.59 Å². The van der Waals surface area contributed by atoms with Crippen molar-refractivity contribution in [2.24, 2.45) is 0 Å². The van der Waals surface area contributed by atoms with Crippen LogP contribution in [0.15, 0.2) is 47.4 Å². The van der Waals surface area contributed by atoms with Gasteiger partial charge in [0.05, 0.1) is 5.39 Å². The molecule has 0 radical (unpaired) electrons. The zero-order chi connectivity index (χ0) is 18.0. The fourth-order valence-corrected chi connectivity index (χ4v) is 2.88. The van der Waals surface area contributed by atoms with Gasteiger partial charge >= 0.3 is 0 Å². The zero-order valence-electron chi connectivity index (χ0n) is 14.0. The number of benzene rings is 1. The molecule has 0 aliphatic carbocycles. The molecule has 6 heteroatoms. The lowest BCUT2D eigenvalue weighted by atomic mass is 10.1. The number of nitrogens with zero attached hydrogens (tertiary/aromatic N) is 2. The summed E-state index contributed by atoms with van der Waals surface area (Å²) in [7, 11) is 0. The number of aryl methyl sites for hydroxylation is 2. The Morgan fingerprint density at radius 1 is 1.24 bits per heavy atom. The second-order valence-corrected chi connectivity index (χ2v) is 6.16. The van der Waals surface area contributed by atoms with Crippen LogP contribution >= 0.6 is 11.6 Å². The molecule has 0 aliphatic heterocycles. The Morgan fingerprint density at radius 2 is 2.00 bits per heavy atom. The van der Waals surface area contributed by atoms with Crippen molar-refractivity contribution < 1.29 is 4.79 Å². The molecule has 3 rings (SSSR count). The third kappa shape index (κ3) is 3.42. The minimum Gasteiger partial charge on any atom is -0.348 e. The van der Waals surface area contributed by atoms with Crippen molar-refractivity contribution in [2.75, 3.05) is 0 Å². The number of hydrogen-bond donors (Lipinski definition) is 1. The number of nitrogens with one attached hydrogen (secondary N) is 1. The number of fused-ring (bicyclic) bond motifs is 1. The van der Waals surface area contributed by atoms with E-state index >= 15 is 0 Å². The number of pyridine rings is 2. The van der Waals surface area contributed by atoms with E-state index in [0.29, 0.717) is 22.6 Å². The molecule has 0 aliphatic rings. The Labute approximate surface area is 150 Å². The summed E-state index contributed by atoms with van der Waals surface area (Å²) >= 11 is 6.10. The Morgan fingerprint density at radius 3 is 2.72 bits per heavy atom. The van der Waals surface area contributed by atoms with Gasteiger partial charge in [0, 0.05) is 30.0 Å². The molecule has 0 bridgehead atoms. The lowest BCUT2D eigenvalue weighted by molar-refractivity contribution is 0.0949. The minimum absolute atomic E-state index is 0.104. The first kappa shape index (κ1) is 17.2. The Bertz CT molecular complexity index is 1010. The van der Waals surface area contributed by atoms with Crippen LogP contribution in [0.25, 0.3) is 11.0 Å². The second kappa shape index (κ2) is 7.07. The van der Waals surface area contributed by atoms with E-state index in [1.54, 1.807) is 24.4 Å².